The standard InChI is InChI=1S/C21H25N7O/c29-20(18-3-5-19(6-4-18)28-12-10-22-17-28)23-9-2-11-26-13-15-27(16-14-26)21-24-7-1-8-25-21/h1,3-8,10,12,17H,2,9,11,13-16H2,(H,23,29). The molecule has 3 heterocycles. The molecule has 29 heavy (non-hydrogen) atoms. The molecule has 1 aliphatic rings. The van der Waals surface area contributed by atoms with Crippen LogP contribution in [0.5, 0.6) is 0 Å². The average Bonchev–Trinajstić information content (AvgIpc) is 3.33. The number of piperazine rings is 1. The Morgan fingerprint density at radius 2 is 1.76 bits per heavy atom. The molecule has 0 aliphatic carbocycles. The fourth-order valence-corrected chi connectivity index (χ4v) is 3.43. The highest BCUT2D eigenvalue weighted by atomic mass is 16.1. The predicted octanol–water partition coefficient (Wildman–Crippen LogP) is 1.60. The summed E-state index contributed by atoms with van der Waals surface area (Å²) in [6.45, 7) is 5.48. The minimum absolute atomic E-state index is 0.0340. The molecular weight excluding hydrogens is 366 g/mol. The maximum Gasteiger partial charge on any atom is 0.251 e. The van der Waals surface area contributed by atoms with Crippen molar-refractivity contribution in [2.75, 3.05) is 44.2 Å². The highest BCUT2D eigenvalue weighted by Crippen LogP contribution is 2.11. The van der Waals surface area contributed by atoms with Crippen molar-refractivity contribution in [3.05, 3.63) is 67.0 Å². The highest BCUT2D eigenvalue weighted by Gasteiger charge is 2.18. The summed E-state index contributed by atoms with van der Waals surface area (Å²) in [5.41, 5.74) is 1.66. The fourth-order valence-electron chi connectivity index (χ4n) is 3.43. The topological polar surface area (TPSA) is 79.2 Å². The number of amides is 1. The van der Waals surface area contributed by atoms with E-state index in [4.69, 9.17) is 0 Å². The molecule has 1 saturated heterocycles. The summed E-state index contributed by atoms with van der Waals surface area (Å²) in [5, 5.41) is 3.01. The van der Waals surface area contributed by atoms with Gasteiger partial charge in [0, 0.05) is 68.8 Å². The molecule has 8 nitrogen and oxygen atoms in total. The van der Waals surface area contributed by atoms with E-state index in [1.54, 1.807) is 24.9 Å². The Hall–Kier alpha value is -3.26. The number of hydrogen-bond acceptors (Lipinski definition) is 6. The monoisotopic (exact) mass is 391 g/mol. The largest absolute Gasteiger partial charge is 0.352 e. The second-order valence-electron chi connectivity index (χ2n) is 7.00. The van der Waals surface area contributed by atoms with Crippen LogP contribution in [0, 0.1) is 0 Å². The van der Waals surface area contributed by atoms with E-state index in [0.717, 1.165) is 50.8 Å². The molecule has 0 saturated carbocycles. The molecule has 0 atom stereocenters. The Morgan fingerprint density at radius 3 is 2.45 bits per heavy atom. The third-order valence-electron chi connectivity index (χ3n) is 5.08. The lowest BCUT2D eigenvalue weighted by Gasteiger charge is -2.34. The van der Waals surface area contributed by atoms with Crippen LogP contribution >= 0.6 is 0 Å². The molecule has 0 radical (unpaired) electrons. The zero-order valence-corrected chi connectivity index (χ0v) is 16.3. The van der Waals surface area contributed by atoms with E-state index in [-0.39, 0.29) is 5.91 Å². The third kappa shape index (κ3) is 4.97. The summed E-state index contributed by atoms with van der Waals surface area (Å²) in [4.78, 5) is 29.6. The maximum atomic E-state index is 12.3. The predicted molar refractivity (Wildman–Crippen MR) is 111 cm³/mol. The number of aromatic nitrogens is 4. The number of nitrogens with zero attached hydrogens (tertiary/aromatic N) is 6. The lowest BCUT2D eigenvalue weighted by atomic mass is 10.2. The van der Waals surface area contributed by atoms with Crippen LogP contribution < -0.4 is 10.2 Å². The Morgan fingerprint density at radius 1 is 1.00 bits per heavy atom. The number of hydrogen-bond donors (Lipinski definition) is 1. The minimum atomic E-state index is -0.0340. The first kappa shape index (κ1) is 19.1. The second-order valence-corrected chi connectivity index (χ2v) is 7.00. The van der Waals surface area contributed by atoms with E-state index in [2.05, 4.69) is 30.1 Å². The van der Waals surface area contributed by atoms with Gasteiger partial charge in [0.05, 0.1) is 6.33 Å². The van der Waals surface area contributed by atoms with Crippen LogP contribution in [-0.2, 0) is 0 Å². The number of rotatable bonds is 7. The lowest BCUT2D eigenvalue weighted by Crippen LogP contribution is -2.47. The molecule has 3 aromatic rings. The molecule has 4 rings (SSSR count). The van der Waals surface area contributed by atoms with Crippen molar-refractivity contribution in [2.24, 2.45) is 0 Å². The van der Waals surface area contributed by atoms with Crippen LogP contribution in [0.2, 0.25) is 0 Å². The van der Waals surface area contributed by atoms with Crippen molar-refractivity contribution in [1.82, 2.24) is 29.7 Å². The van der Waals surface area contributed by atoms with E-state index in [1.165, 1.54) is 0 Å². The van der Waals surface area contributed by atoms with Gasteiger partial charge in [-0.05, 0) is 43.3 Å². The van der Waals surface area contributed by atoms with E-state index in [9.17, 15) is 4.79 Å². The summed E-state index contributed by atoms with van der Waals surface area (Å²) < 4.78 is 1.91. The SMILES string of the molecule is O=C(NCCCN1CCN(c2ncccn2)CC1)c1ccc(-n2ccnc2)cc1. The van der Waals surface area contributed by atoms with Gasteiger partial charge < -0.3 is 14.8 Å². The summed E-state index contributed by atoms with van der Waals surface area (Å²) in [6, 6.07) is 9.37. The molecule has 1 N–H and O–H groups in total. The first-order valence-corrected chi connectivity index (χ1v) is 9.90. The second kappa shape index (κ2) is 9.29. The van der Waals surface area contributed by atoms with Gasteiger partial charge in [-0.3, -0.25) is 9.69 Å². The molecule has 1 aliphatic heterocycles. The first-order valence-electron chi connectivity index (χ1n) is 9.90. The van der Waals surface area contributed by atoms with Crippen LogP contribution in [0.4, 0.5) is 5.95 Å². The molecule has 1 aromatic carbocycles. The number of nitrogens with one attached hydrogen (secondary N) is 1. The molecule has 1 amide bonds. The number of imidazole rings is 1. The number of benzene rings is 1. The average molecular weight is 391 g/mol. The molecular formula is C21H25N7O. The summed E-state index contributed by atoms with van der Waals surface area (Å²) in [7, 11) is 0. The Balaban J connectivity index is 1.16. The van der Waals surface area contributed by atoms with Crippen LogP contribution in [-0.4, -0.2) is 69.6 Å². The van der Waals surface area contributed by atoms with Gasteiger partial charge in [0.25, 0.3) is 5.91 Å². The fraction of sp³-hybridized carbons (Fsp3) is 0.333. The summed E-state index contributed by atoms with van der Waals surface area (Å²) in [6.07, 6.45) is 9.84. The minimum Gasteiger partial charge on any atom is -0.352 e. The Kier molecular flexibility index (Phi) is 6.11. The van der Waals surface area contributed by atoms with Gasteiger partial charge in [0.2, 0.25) is 5.95 Å². The van der Waals surface area contributed by atoms with Crippen LogP contribution in [0.3, 0.4) is 0 Å². The Labute approximate surface area is 170 Å². The lowest BCUT2D eigenvalue weighted by molar-refractivity contribution is 0.0951. The van der Waals surface area contributed by atoms with E-state index >= 15 is 0 Å². The Bertz CT molecular complexity index is 889. The molecule has 0 unspecified atom stereocenters. The van der Waals surface area contributed by atoms with Crippen LogP contribution in [0.1, 0.15) is 16.8 Å². The van der Waals surface area contributed by atoms with Gasteiger partial charge >= 0.3 is 0 Å². The van der Waals surface area contributed by atoms with E-state index < -0.39 is 0 Å². The molecule has 0 bridgehead atoms. The van der Waals surface area contributed by atoms with Gasteiger partial charge in [-0.15, -0.1) is 0 Å². The van der Waals surface area contributed by atoms with Crippen molar-refractivity contribution in [3.8, 4) is 5.69 Å². The zero-order valence-electron chi connectivity index (χ0n) is 16.3. The zero-order chi connectivity index (χ0) is 19.9. The smallest absolute Gasteiger partial charge is 0.251 e. The van der Waals surface area contributed by atoms with Gasteiger partial charge in [0.15, 0.2) is 0 Å². The number of carbonyl (C=O) groups excluding carboxylic acids is 1. The highest BCUT2D eigenvalue weighted by molar-refractivity contribution is 5.94. The van der Waals surface area contributed by atoms with Crippen molar-refractivity contribution in [3.63, 3.8) is 0 Å². The van der Waals surface area contributed by atoms with Gasteiger partial charge in [-0.2, -0.15) is 0 Å². The molecule has 1 fully saturated rings. The van der Waals surface area contributed by atoms with Crippen molar-refractivity contribution in [2.45, 2.75) is 6.42 Å². The molecule has 0 spiro atoms. The summed E-state index contributed by atoms with van der Waals surface area (Å²) in [5.74, 6) is 0.770. The van der Waals surface area contributed by atoms with Crippen molar-refractivity contribution in [1.29, 1.82) is 0 Å². The van der Waals surface area contributed by atoms with Gasteiger partial charge in [0.1, 0.15) is 0 Å². The molecule has 150 valence electrons. The van der Waals surface area contributed by atoms with Crippen LogP contribution in [0.25, 0.3) is 5.69 Å². The number of anilines is 1. The third-order valence-corrected chi connectivity index (χ3v) is 5.08. The quantitative estimate of drug-likeness (QED) is 0.617. The van der Waals surface area contributed by atoms with Gasteiger partial charge in [-0.25, -0.2) is 15.0 Å². The van der Waals surface area contributed by atoms with Crippen molar-refractivity contribution >= 4 is 11.9 Å². The molecule has 2 aromatic heterocycles. The van der Waals surface area contributed by atoms with E-state index in [1.807, 2.05) is 41.1 Å². The van der Waals surface area contributed by atoms with E-state index in [0.29, 0.717) is 12.1 Å². The number of carbonyl (C=O) groups is 1. The maximum absolute atomic E-state index is 12.3. The first-order chi connectivity index (χ1) is 14.3. The van der Waals surface area contributed by atoms with Crippen molar-refractivity contribution < 1.29 is 4.79 Å². The molecule has 8 heteroatoms. The van der Waals surface area contributed by atoms with Crippen LogP contribution in [0.15, 0.2) is 61.4 Å². The van der Waals surface area contributed by atoms with Gasteiger partial charge in [-0.1, -0.05) is 0 Å². The summed E-state index contributed by atoms with van der Waals surface area (Å²) >= 11 is 0. The normalized spacial score (nSPS) is 14.7.